The maximum absolute atomic E-state index is 13.6. The largest absolute Gasteiger partial charge is 0.234 e. The fourth-order valence-corrected chi connectivity index (χ4v) is 1.06. The second-order valence-electron chi connectivity index (χ2n) is 2.63. The van der Waals surface area contributed by atoms with Crippen LogP contribution in [0.1, 0.15) is 0 Å². The standard InChI is InChI=1S/C10H7FN3/c11-14(9-4-2-1-3-5-9)10-6-7-12-8-13-10/h1-7H. The van der Waals surface area contributed by atoms with Crippen LogP contribution in [0.15, 0.2) is 42.6 Å². The summed E-state index contributed by atoms with van der Waals surface area (Å²) < 4.78 is 13.6. The van der Waals surface area contributed by atoms with Gasteiger partial charge in [0, 0.05) is 12.3 Å². The monoisotopic (exact) mass is 188 g/mol. The smallest absolute Gasteiger partial charge is 0.199 e. The van der Waals surface area contributed by atoms with Gasteiger partial charge in [0.15, 0.2) is 12.1 Å². The molecule has 1 aromatic carbocycles. The van der Waals surface area contributed by atoms with E-state index in [0.29, 0.717) is 10.8 Å². The minimum atomic E-state index is 0.172. The molecule has 0 unspecified atom stereocenters. The zero-order valence-corrected chi connectivity index (χ0v) is 7.26. The molecular weight excluding hydrogens is 181 g/mol. The summed E-state index contributed by atoms with van der Waals surface area (Å²) in [5.74, 6) is 0.172. The van der Waals surface area contributed by atoms with Gasteiger partial charge in [0.25, 0.3) is 0 Å². The highest BCUT2D eigenvalue weighted by molar-refractivity contribution is 5.55. The van der Waals surface area contributed by atoms with Gasteiger partial charge in [0.1, 0.15) is 0 Å². The Morgan fingerprint density at radius 1 is 1.14 bits per heavy atom. The van der Waals surface area contributed by atoms with Gasteiger partial charge in [-0.2, -0.15) is 5.12 Å². The number of anilines is 2. The summed E-state index contributed by atoms with van der Waals surface area (Å²) in [6, 6.07) is 10.1. The second-order valence-corrected chi connectivity index (χ2v) is 2.63. The minimum absolute atomic E-state index is 0.172. The third-order valence-corrected chi connectivity index (χ3v) is 1.70. The maximum atomic E-state index is 13.6. The molecule has 0 bridgehead atoms. The Kier molecular flexibility index (Phi) is 2.36. The summed E-state index contributed by atoms with van der Waals surface area (Å²) in [4.78, 5) is 7.26. The van der Waals surface area contributed by atoms with E-state index >= 15 is 0 Å². The number of rotatable bonds is 2. The lowest BCUT2D eigenvalue weighted by molar-refractivity contribution is 0.498. The SMILES string of the molecule is FN(c1ccccc1)c1ccn[c]n1. The number of halogens is 1. The van der Waals surface area contributed by atoms with E-state index in [1.165, 1.54) is 12.3 Å². The van der Waals surface area contributed by atoms with Crippen molar-refractivity contribution in [1.82, 2.24) is 9.97 Å². The van der Waals surface area contributed by atoms with Crippen molar-refractivity contribution >= 4 is 11.5 Å². The summed E-state index contributed by atoms with van der Waals surface area (Å²) in [5.41, 5.74) is 0.430. The topological polar surface area (TPSA) is 29.0 Å². The molecule has 0 fully saturated rings. The third-order valence-electron chi connectivity index (χ3n) is 1.70. The number of hydrogen-bond donors (Lipinski definition) is 0. The van der Waals surface area contributed by atoms with E-state index in [1.54, 1.807) is 24.3 Å². The fraction of sp³-hybridized carbons (Fsp3) is 0. The highest BCUT2D eigenvalue weighted by Gasteiger charge is 2.07. The summed E-state index contributed by atoms with van der Waals surface area (Å²) in [7, 11) is 0. The van der Waals surface area contributed by atoms with Crippen LogP contribution in [0.3, 0.4) is 0 Å². The van der Waals surface area contributed by atoms with Gasteiger partial charge < -0.3 is 0 Å². The van der Waals surface area contributed by atoms with Crippen LogP contribution >= 0.6 is 0 Å². The van der Waals surface area contributed by atoms with Gasteiger partial charge >= 0.3 is 0 Å². The molecule has 0 saturated carbocycles. The molecule has 1 heterocycles. The summed E-state index contributed by atoms with van der Waals surface area (Å²) in [5, 5.41) is 0.484. The summed E-state index contributed by atoms with van der Waals surface area (Å²) in [6.07, 6.45) is 3.77. The van der Waals surface area contributed by atoms with Gasteiger partial charge in [-0.05, 0) is 12.1 Å². The van der Waals surface area contributed by atoms with Crippen molar-refractivity contribution in [3.8, 4) is 0 Å². The summed E-state index contributed by atoms with van der Waals surface area (Å²) in [6.45, 7) is 0. The van der Waals surface area contributed by atoms with Crippen LogP contribution in [0.25, 0.3) is 0 Å². The highest BCUT2D eigenvalue weighted by Crippen LogP contribution is 2.22. The first-order chi connectivity index (χ1) is 6.88. The van der Waals surface area contributed by atoms with Gasteiger partial charge in [-0.3, -0.25) is 0 Å². The second kappa shape index (κ2) is 3.83. The molecule has 69 valence electrons. The maximum Gasteiger partial charge on any atom is 0.199 e. The molecule has 0 spiro atoms. The van der Waals surface area contributed by atoms with Crippen molar-refractivity contribution in [2.24, 2.45) is 0 Å². The van der Waals surface area contributed by atoms with Gasteiger partial charge in [0.2, 0.25) is 0 Å². The lowest BCUT2D eigenvalue weighted by Gasteiger charge is -2.11. The van der Waals surface area contributed by atoms with Crippen molar-refractivity contribution in [1.29, 1.82) is 0 Å². The molecule has 2 rings (SSSR count). The Morgan fingerprint density at radius 3 is 2.57 bits per heavy atom. The molecule has 0 saturated heterocycles. The van der Waals surface area contributed by atoms with Crippen LogP contribution < -0.4 is 5.12 Å². The predicted molar refractivity (Wildman–Crippen MR) is 50.6 cm³/mol. The number of aromatic nitrogens is 2. The van der Waals surface area contributed by atoms with Crippen LogP contribution in [0.2, 0.25) is 0 Å². The average molecular weight is 188 g/mol. The Morgan fingerprint density at radius 2 is 1.93 bits per heavy atom. The van der Waals surface area contributed by atoms with Crippen LogP contribution in [0.5, 0.6) is 0 Å². The Hall–Kier alpha value is -1.97. The molecule has 0 aliphatic carbocycles. The molecule has 1 radical (unpaired) electrons. The molecule has 1 aromatic heterocycles. The van der Waals surface area contributed by atoms with Crippen LogP contribution in [0, 0.1) is 6.33 Å². The van der Waals surface area contributed by atoms with E-state index in [0.717, 1.165) is 0 Å². The van der Waals surface area contributed by atoms with Crippen molar-refractivity contribution in [2.75, 3.05) is 5.12 Å². The quantitative estimate of drug-likeness (QED) is 0.677. The normalized spacial score (nSPS) is 9.79. The van der Waals surface area contributed by atoms with Gasteiger partial charge in [0.05, 0.1) is 5.69 Å². The van der Waals surface area contributed by atoms with Crippen molar-refractivity contribution < 1.29 is 4.48 Å². The Balaban J connectivity index is 2.30. The van der Waals surface area contributed by atoms with Gasteiger partial charge in [-0.1, -0.05) is 22.7 Å². The molecule has 4 heteroatoms. The number of benzene rings is 1. The molecule has 0 N–H and O–H groups in total. The lowest BCUT2D eigenvalue weighted by atomic mass is 10.3. The van der Waals surface area contributed by atoms with Crippen molar-refractivity contribution in [3.05, 3.63) is 48.9 Å². The Bertz CT molecular complexity index is 351. The van der Waals surface area contributed by atoms with E-state index in [-0.39, 0.29) is 5.82 Å². The van der Waals surface area contributed by atoms with Gasteiger partial charge in [-0.25, -0.2) is 9.97 Å². The van der Waals surface area contributed by atoms with E-state index in [4.69, 9.17) is 0 Å². The zero-order valence-electron chi connectivity index (χ0n) is 7.26. The molecule has 3 nitrogen and oxygen atoms in total. The Labute approximate surface area is 80.8 Å². The zero-order chi connectivity index (χ0) is 9.80. The van der Waals surface area contributed by atoms with E-state index in [1.807, 2.05) is 6.07 Å². The average Bonchev–Trinajstić information content (AvgIpc) is 2.30. The van der Waals surface area contributed by atoms with Crippen LogP contribution in [-0.2, 0) is 0 Å². The van der Waals surface area contributed by atoms with Crippen LogP contribution in [-0.4, -0.2) is 9.97 Å². The van der Waals surface area contributed by atoms with E-state index < -0.39 is 0 Å². The first-order valence-electron chi connectivity index (χ1n) is 4.08. The van der Waals surface area contributed by atoms with Gasteiger partial charge in [-0.15, -0.1) is 0 Å². The third kappa shape index (κ3) is 1.69. The molecular formula is C10H7FN3. The number of hydrogen-bond acceptors (Lipinski definition) is 3. The van der Waals surface area contributed by atoms with E-state index in [9.17, 15) is 4.48 Å². The minimum Gasteiger partial charge on any atom is -0.234 e. The summed E-state index contributed by atoms with van der Waals surface area (Å²) >= 11 is 0. The van der Waals surface area contributed by atoms with Crippen molar-refractivity contribution in [3.63, 3.8) is 0 Å². The molecule has 0 amide bonds. The molecule has 0 atom stereocenters. The molecule has 2 aromatic rings. The van der Waals surface area contributed by atoms with E-state index in [2.05, 4.69) is 16.3 Å². The van der Waals surface area contributed by atoms with Crippen molar-refractivity contribution in [2.45, 2.75) is 0 Å². The predicted octanol–water partition coefficient (Wildman–Crippen LogP) is 2.30. The first kappa shape index (κ1) is 8.62. The highest BCUT2D eigenvalue weighted by atomic mass is 19.2. The number of para-hydroxylation sites is 1. The first-order valence-corrected chi connectivity index (χ1v) is 4.08. The lowest BCUT2D eigenvalue weighted by Crippen LogP contribution is -2.05. The molecule has 14 heavy (non-hydrogen) atoms. The number of nitrogens with zero attached hydrogens (tertiary/aromatic N) is 3. The van der Waals surface area contributed by atoms with Crippen LogP contribution in [0.4, 0.5) is 16.0 Å². The fourth-order valence-electron chi connectivity index (χ4n) is 1.06. The molecule has 0 aliphatic rings. The molecule has 0 aliphatic heterocycles.